The number of unbranched alkanes of at least 4 members (excludes halogenated alkanes) is 4. The average Bonchev–Trinajstić information content (AvgIpc) is 3.66. The molecule has 3 amide bonds. The number of ketones is 3. The number of ether oxygens (including phenoxy) is 1. The number of nitrogens with one attached hydrogen (secondary N) is 3. The number of hydrogen-bond acceptors (Lipinski definition) is 11. The van der Waals surface area contributed by atoms with Crippen LogP contribution >= 0.6 is 11.6 Å². The zero-order valence-corrected chi connectivity index (χ0v) is 38.3. The number of benzene rings is 2. The third-order valence-corrected chi connectivity index (χ3v) is 10.7. The van der Waals surface area contributed by atoms with E-state index in [0.717, 1.165) is 36.8 Å². The van der Waals surface area contributed by atoms with Gasteiger partial charge < -0.3 is 30.2 Å². The number of amides is 3. The molecule has 1 unspecified atom stereocenters. The Morgan fingerprint density at radius 1 is 0.758 bits per heavy atom. The Bertz CT molecular complexity index is 1930. The zero-order chi connectivity index (χ0) is 46.0. The van der Waals surface area contributed by atoms with Crippen LogP contribution in [0.25, 0.3) is 11.1 Å². The second kappa shape index (κ2) is 25.2. The molecule has 0 fully saturated rings. The minimum Gasteiger partial charge on any atom is -0.444 e. The standard InChI is InChI=1S/C47H66ClN5O9/c1-9-11-13-15-37(40(55)25-29(3)42(57)45-53-52-31(5)61-45)50-43(58)30(4)26-41(56)38(16-14-12-10-2)51-44(59)35(28-49-46(60)62-47(6,7)8)27-39(54)34-19-17-32(18-20-34)33-21-23-36(48)24-22-33/h17-24,29-30,35,37-38,42,57H,9-16,25-28H2,1-8H3,(H,49,60)(H,50,58)(H,51,59)/t29-,30-,35+,37+,38+,42?/m1/s1. The van der Waals surface area contributed by atoms with Crippen LogP contribution in [0.15, 0.2) is 52.9 Å². The van der Waals surface area contributed by atoms with Crippen molar-refractivity contribution in [2.24, 2.45) is 17.8 Å². The summed E-state index contributed by atoms with van der Waals surface area (Å²) in [7, 11) is 0. The van der Waals surface area contributed by atoms with E-state index in [9.17, 15) is 33.9 Å². The van der Waals surface area contributed by atoms with Gasteiger partial charge in [-0.1, -0.05) is 114 Å². The van der Waals surface area contributed by atoms with E-state index in [1.807, 2.05) is 26.0 Å². The summed E-state index contributed by atoms with van der Waals surface area (Å²) in [6.07, 6.45) is 2.94. The van der Waals surface area contributed by atoms with Crippen molar-refractivity contribution in [1.29, 1.82) is 0 Å². The molecule has 4 N–H and O–H groups in total. The van der Waals surface area contributed by atoms with E-state index in [4.69, 9.17) is 20.8 Å². The first-order chi connectivity index (χ1) is 29.3. The van der Waals surface area contributed by atoms with Crippen LogP contribution < -0.4 is 16.0 Å². The van der Waals surface area contributed by atoms with Crippen molar-refractivity contribution < 1.29 is 43.0 Å². The van der Waals surface area contributed by atoms with E-state index >= 15 is 0 Å². The van der Waals surface area contributed by atoms with Crippen LogP contribution in [0.4, 0.5) is 4.79 Å². The molecule has 1 aromatic heterocycles. The van der Waals surface area contributed by atoms with Gasteiger partial charge in [0, 0.05) is 49.2 Å². The molecule has 0 aliphatic rings. The topological polar surface area (TPSA) is 207 Å². The second-order valence-corrected chi connectivity index (χ2v) is 17.7. The maximum absolute atomic E-state index is 14.0. The summed E-state index contributed by atoms with van der Waals surface area (Å²) < 4.78 is 10.7. The number of carbonyl (C=O) groups excluding carboxylic acids is 6. The summed E-state index contributed by atoms with van der Waals surface area (Å²) in [5.74, 6) is -4.25. The fourth-order valence-electron chi connectivity index (χ4n) is 6.82. The van der Waals surface area contributed by atoms with Gasteiger partial charge >= 0.3 is 6.09 Å². The highest BCUT2D eigenvalue weighted by molar-refractivity contribution is 6.30. The van der Waals surface area contributed by atoms with Crippen molar-refractivity contribution in [3.05, 3.63) is 70.9 Å². The van der Waals surface area contributed by atoms with Crippen LogP contribution in [-0.4, -0.2) is 74.8 Å². The Labute approximate surface area is 371 Å². The molecule has 1 heterocycles. The summed E-state index contributed by atoms with van der Waals surface area (Å²) in [5.41, 5.74) is 1.35. The highest BCUT2D eigenvalue weighted by Crippen LogP contribution is 2.26. The Balaban J connectivity index is 1.75. The number of rotatable bonds is 26. The van der Waals surface area contributed by atoms with Crippen molar-refractivity contribution >= 4 is 46.9 Å². The lowest BCUT2D eigenvalue weighted by molar-refractivity contribution is -0.134. The van der Waals surface area contributed by atoms with E-state index < -0.39 is 59.5 Å². The highest BCUT2D eigenvalue weighted by Gasteiger charge is 2.32. The van der Waals surface area contributed by atoms with Gasteiger partial charge in [-0.3, -0.25) is 24.0 Å². The third-order valence-electron chi connectivity index (χ3n) is 10.5. The molecular weight excluding hydrogens is 814 g/mol. The first-order valence-electron chi connectivity index (χ1n) is 21.8. The molecule has 0 spiro atoms. The number of aliphatic hydroxyl groups excluding tert-OH is 1. The van der Waals surface area contributed by atoms with Crippen LogP contribution in [-0.2, 0) is 23.9 Å². The van der Waals surface area contributed by atoms with Crippen LogP contribution in [0.2, 0.25) is 5.02 Å². The Morgan fingerprint density at radius 2 is 1.29 bits per heavy atom. The molecule has 0 aliphatic carbocycles. The lowest BCUT2D eigenvalue weighted by atomic mass is 9.91. The van der Waals surface area contributed by atoms with Gasteiger partial charge in [0.1, 0.15) is 11.7 Å². The summed E-state index contributed by atoms with van der Waals surface area (Å²) >= 11 is 6.04. The number of hydrogen-bond donors (Lipinski definition) is 4. The normalized spacial score (nSPS) is 14.4. The van der Waals surface area contributed by atoms with Crippen LogP contribution in [0.1, 0.15) is 147 Å². The van der Waals surface area contributed by atoms with Crippen molar-refractivity contribution in [2.75, 3.05) is 6.54 Å². The van der Waals surface area contributed by atoms with Crippen LogP contribution in [0, 0.1) is 24.7 Å². The molecule has 0 saturated heterocycles. The Kier molecular flexibility index (Phi) is 20.9. The number of alkyl carbamates (subject to hydrolysis) is 1. The Morgan fingerprint density at radius 3 is 1.81 bits per heavy atom. The molecule has 2 aromatic carbocycles. The molecule has 14 nitrogen and oxygen atoms in total. The minimum atomic E-state index is -1.17. The Hall–Kier alpha value is -4.95. The molecule has 6 atom stereocenters. The SMILES string of the molecule is CCCCC[C@H](NC(=O)[C@H](CNC(=O)OC(C)(C)C)CC(=O)c1ccc(-c2ccc(Cl)cc2)cc1)C(=O)C[C@@H](C)C(=O)N[C@@H](CCCCC)C(=O)C[C@@H](C)C(O)c1nnc(C)o1. The smallest absolute Gasteiger partial charge is 0.407 e. The van der Waals surface area contributed by atoms with Crippen molar-refractivity contribution in [3.8, 4) is 11.1 Å². The van der Waals surface area contributed by atoms with Gasteiger partial charge in [0.15, 0.2) is 17.3 Å². The van der Waals surface area contributed by atoms with Gasteiger partial charge in [-0.05, 0) is 62.8 Å². The maximum Gasteiger partial charge on any atom is 0.407 e. The van der Waals surface area contributed by atoms with Crippen LogP contribution in [0.5, 0.6) is 0 Å². The number of nitrogens with zero attached hydrogens (tertiary/aromatic N) is 2. The monoisotopic (exact) mass is 879 g/mol. The van der Waals surface area contributed by atoms with E-state index in [2.05, 4.69) is 26.1 Å². The lowest BCUT2D eigenvalue weighted by Crippen LogP contribution is -2.48. The largest absolute Gasteiger partial charge is 0.444 e. The highest BCUT2D eigenvalue weighted by atomic mass is 35.5. The minimum absolute atomic E-state index is 0.0137. The molecule has 3 rings (SSSR count). The van der Waals surface area contributed by atoms with Gasteiger partial charge in [-0.15, -0.1) is 10.2 Å². The van der Waals surface area contributed by atoms with E-state index in [1.165, 1.54) is 0 Å². The average molecular weight is 881 g/mol. The van der Waals surface area contributed by atoms with Crippen molar-refractivity contribution in [2.45, 2.75) is 150 Å². The number of halogens is 1. The van der Waals surface area contributed by atoms with E-state index in [-0.39, 0.29) is 54.9 Å². The number of carbonyl (C=O) groups is 6. The van der Waals surface area contributed by atoms with E-state index in [1.54, 1.807) is 77.9 Å². The van der Waals surface area contributed by atoms with Gasteiger partial charge in [-0.2, -0.15) is 0 Å². The predicted octanol–water partition coefficient (Wildman–Crippen LogP) is 8.47. The number of aliphatic hydroxyl groups is 1. The molecule has 0 aliphatic heterocycles. The summed E-state index contributed by atoms with van der Waals surface area (Å²) in [5, 5.41) is 27.3. The molecule has 340 valence electrons. The molecule has 0 radical (unpaired) electrons. The molecule has 62 heavy (non-hydrogen) atoms. The number of Topliss-reactive ketones (excluding diaryl/α,β-unsaturated/α-hetero) is 3. The fraction of sp³-hybridized carbons (Fsp3) is 0.574. The molecular formula is C47H66ClN5O9. The second-order valence-electron chi connectivity index (χ2n) is 17.2. The molecule has 0 saturated carbocycles. The number of aryl methyl sites for hydroxylation is 1. The lowest BCUT2D eigenvalue weighted by Gasteiger charge is -2.25. The summed E-state index contributed by atoms with van der Waals surface area (Å²) in [4.78, 5) is 81.5. The van der Waals surface area contributed by atoms with Gasteiger partial charge in [0.25, 0.3) is 0 Å². The van der Waals surface area contributed by atoms with Crippen molar-refractivity contribution in [3.63, 3.8) is 0 Å². The number of aromatic nitrogens is 2. The maximum atomic E-state index is 14.0. The first-order valence-corrected chi connectivity index (χ1v) is 22.2. The summed E-state index contributed by atoms with van der Waals surface area (Å²) in [6.45, 7) is 13.8. The predicted molar refractivity (Wildman–Crippen MR) is 237 cm³/mol. The van der Waals surface area contributed by atoms with Gasteiger partial charge in [-0.25, -0.2) is 4.79 Å². The van der Waals surface area contributed by atoms with Gasteiger partial charge in [0.05, 0.1) is 18.0 Å². The quantitative estimate of drug-likeness (QED) is 0.0444. The molecule has 3 aromatic rings. The fourth-order valence-corrected chi connectivity index (χ4v) is 6.95. The summed E-state index contributed by atoms with van der Waals surface area (Å²) in [6, 6.07) is 12.4. The first kappa shape index (κ1) is 51.4. The molecule has 15 heteroatoms. The zero-order valence-electron chi connectivity index (χ0n) is 37.6. The van der Waals surface area contributed by atoms with Crippen LogP contribution in [0.3, 0.4) is 0 Å². The van der Waals surface area contributed by atoms with Gasteiger partial charge in [0.2, 0.25) is 23.6 Å². The third kappa shape index (κ3) is 17.4. The van der Waals surface area contributed by atoms with Crippen molar-refractivity contribution in [1.82, 2.24) is 26.1 Å². The molecule has 0 bridgehead atoms. The van der Waals surface area contributed by atoms with E-state index in [0.29, 0.717) is 36.3 Å².